The van der Waals surface area contributed by atoms with Crippen LogP contribution in [-0.4, -0.2) is 91.2 Å². The van der Waals surface area contributed by atoms with E-state index >= 15 is 17.6 Å². The lowest BCUT2D eigenvalue weighted by molar-refractivity contribution is -0.137. The van der Waals surface area contributed by atoms with Crippen LogP contribution < -0.4 is 45.1 Å². The van der Waals surface area contributed by atoms with Crippen molar-refractivity contribution < 1.29 is 46.0 Å². The topological polar surface area (TPSA) is 140 Å². The van der Waals surface area contributed by atoms with Crippen molar-refractivity contribution in [1.82, 2.24) is 30.1 Å². The number of aromatic nitrogens is 3. The Kier molecular flexibility index (Phi) is 14.9. The molecule has 2 saturated heterocycles. The Morgan fingerprint density at radius 2 is 1.57 bits per heavy atom. The van der Waals surface area contributed by atoms with Gasteiger partial charge in [0.15, 0.2) is 11.6 Å². The predicted octanol–water partition coefficient (Wildman–Crippen LogP) is 8.88. The molecule has 4 aliphatic heterocycles. The quantitative estimate of drug-likeness (QED) is 0.0841. The highest BCUT2D eigenvalue weighted by molar-refractivity contribution is 6.33. The minimum absolute atomic E-state index is 0.00378. The first-order valence-electron chi connectivity index (χ1n) is 24.6. The highest BCUT2D eigenvalue weighted by atomic mass is 35.5. The van der Waals surface area contributed by atoms with E-state index in [0.717, 1.165) is 41.8 Å². The van der Waals surface area contributed by atoms with Crippen molar-refractivity contribution in [3.8, 4) is 34.3 Å². The van der Waals surface area contributed by atoms with Gasteiger partial charge < -0.3 is 48.9 Å². The van der Waals surface area contributed by atoms with Crippen molar-refractivity contribution in [3.05, 3.63) is 158 Å². The summed E-state index contributed by atoms with van der Waals surface area (Å²) in [5.41, 5.74) is 0.522. The molecule has 6 heterocycles. The Balaban J connectivity index is 1.11. The van der Waals surface area contributed by atoms with Crippen LogP contribution in [0.25, 0.3) is 17.1 Å². The average molecular weight is 1050 g/mol. The van der Waals surface area contributed by atoms with Gasteiger partial charge in [0.25, 0.3) is 0 Å². The SMILES string of the molecule is COc1ccc(CNc2ncncc2C(C)N2C=C(OC[C@@H]3CC[C@H]4COCCN43)Oc3c(F)c(-c4nc(N(Cc5ccc(OC)cc5)Cc5ccc(OC)cc5)cc(C)c4C(F)(F)F)c(Cl)c4c3=C2NCN=4)cc1. The number of pyridine rings is 1. The van der Waals surface area contributed by atoms with Gasteiger partial charge in [0.1, 0.15) is 54.3 Å². The Morgan fingerprint density at radius 3 is 2.21 bits per heavy atom. The zero-order valence-electron chi connectivity index (χ0n) is 42.0. The zero-order chi connectivity index (χ0) is 52.4. The van der Waals surface area contributed by atoms with Gasteiger partial charge in [-0.3, -0.25) is 9.89 Å². The first-order valence-corrected chi connectivity index (χ1v) is 24.9. The Morgan fingerprint density at radius 1 is 0.920 bits per heavy atom. The minimum atomic E-state index is -5.01. The molecule has 392 valence electrons. The van der Waals surface area contributed by atoms with Gasteiger partial charge in [0.2, 0.25) is 0 Å². The smallest absolute Gasteiger partial charge is 0.418 e. The van der Waals surface area contributed by atoms with E-state index in [-0.39, 0.29) is 71.4 Å². The normalized spacial score (nSPS) is 17.5. The van der Waals surface area contributed by atoms with Crippen molar-refractivity contribution >= 4 is 29.1 Å². The second-order valence-electron chi connectivity index (χ2n) is 18.6. The van der Waals surface area contributed by atoms with Gasteiger partial charge >= 0.3 is 12.1 Å². The van der Waals surface area contributed by atoms with E-state index in [0.29, 0.717) is 48.5 Å². The van der Waals surface area contributed by atoms with Gasteiger partial charge in [-0.1, -0.05) is 48.0 Å². The van der Waals surface area contributed by atoms with E-state index in [1.54, 1.807) is 62.9 Å². The molecule has 3 atom stereocenters. The lowest BCUT2D eigenvalue weighted by Gasteiger charge is -2.34. The maximum Gasteiger partial charge on any atom is 0.418 e. The summed E-state index contributed by atoms with van der Waals surface area (Å²) in [6, 6.07) is 23.2. The summed E-state index contributed by atoms with van der Waals surface area (Å²) in [5.74, 6) is 1.21. The number of ether oxygens (including phenoxy) is 6. The van der Waals surface area contributed by atoms with Crippen molar-refractivity contribution in [2.75, 3.05) is 64.6 Å². The van der Waals surface area contributed by atoms with Crippen LogP contribution in [0.15, 0.2) is 109 Å². The molecule has 0 aliphatic carbocycles. The molecular weight excluding hydrogens is 994 g/mol. The number of morpholine rings is 1. The van der Waals surface area contributed by atoms with E-state index in [1.807, 2.05) is 60.4 Å². The Bertz CT molecular complexity index is 3160. The van der Waals surface area contributed by atoms with Crippen molar-refractivity contribution in [2.24, 2.45) is 4.99 Å². The third-order valence-electron chi connectivity index (χ3n) is 14.1. The summed E-state index contributed by atoms with van der Waals surface area (Å²) in [6.07, 6.45) is 1.47. The maximum absolute atomic E-state index is 18.3. The van der Waals surface area contributed by atoms with E-state index < -0.39 is 40.6 Å². The number of alkyl halides is 3. The van der Waals surface area contributed by atoms with Crippen LogP contribution in [0.4, 0.5) is 29.2 Å². The summed E-state index contributed by atoms with van der Waals surface area (Å²) in [6.45, 7) is 6.08. The molecule has 2 N–H and O–H groups in total. The highest BCUT2D eigenvalue weighted by Crippen LogP contribution is 2.44. The molecule has 0 saturated carbocycles. The molecule has 0 radical (unpaired) electrons. The highest BCUT2D eigenvalue weighted by Gasteiger charge is 2.41. The molecule has 6 aromatic rings. The second-order valence-corrected chi connectivity index (χ2v) is 19.0. The summed E-state index contributed by atoms with van der Waals surface area (Å²) in [7, 11) is 4.73. The number of hydrogen-bond donors (Lipinski definition) is 2. The lowest BCUT2D eigenvalue weighted by atomic mass is 9.98. The fourth-order valence-electron chi connectivity index (χ4n) is 10.2. The van der Waals surface area contributed by atoms with E-state index in [1.165, 1.54) is 19.3 Å². The number of fused-ring (bicyclic) bond motifs is 1. The fourth-order valence-corrected chi connectivity index (χ4v) is 10.5. The van der Waals surface area contributed by atoms with Crippen LogP contribution in [0.5, 0.6) is 23.0 Å². The number of anilines is 2. The van der Waals surface area contributed by atoms with Crippen LogP contribution in [0.2, 0.25) is 5.02 Å². The van der Waals surface area contributed by atoms with Gasteiger partial charge in [-0.05, 0) is 91.4 Å². The predicted molar refractivity (Wildman–Crippen MR) is 274 cm³/mol. The summed E-state index contributed by atoms with van der Waals surface area (Å²) in [5, 5.41) is 6.44. The van der Waals surface area contributed by atoms with E-state index in [4.69, 9.17) is 50.0 Å². The third kappa shape index (κ3) is 10.7. The molecule has 2 aromatic heterocycles. The van der Waals surface area contributed by atoms with E-state index in [9.17, 15) is 0 Å². The van der Waals surface area contributed by atoms with Gasteiger partial charge in [-0.15, -0.1) is 0 Å². The molecule has 10 rings (SSSR count). The average Bonchev–Trinajstić information content (AvgIpc) is 3.80. The van der Waals surface area contributed by atoms with Gasteiger partial charge in [-0.2, -0.15) is 13.2 Å². The van der Waals surface area contributed by atoms with Crippen LogP contribution in [0, 0.1) is 12.7 Å². The lowest BCUT2D eigenvalue weighted by Crippen LogP contribution is -2.46. The number of methoxy groups -OCH3 is 3. The number of nitrogens with zero attached hydrogens (tertiary/aromatic N) is 7. The van der Waals surface area contributed by atoms with Gasteiger partial charge in [0, 0.05) is 50.0 Å². The molecule has 0 bridgehead atoms. The number of benzene rings is 4. The zero-order valence-corrected chi connectivity index (χ0v) is 42.8. The Hall–Kier alpha value is -7.35. The first-order chi connectivity index (χ1) is 36.3. The monoisotopic (exact) mass is 1050 g/mol. The molecule has 0 amide bonds. The van der Waals surface area contributed by atoms with E-state index in [2.05, 4.69) is 25.5 Å². The van der Waals surface area contributed by atoms with Crippen molar-refractivity contribution in [2.45, 2.75) is 70.6 Å². The van der Waals surface area contributed by atoms with Crippen LogP contribution >= 0.6 is 11.6 Å². The Labute approximate surface area is 436 Å². The molecular formula is C55H56ClF4N9O6. The second kappa shape index (κ2) is 21.9. The minimum Gasteiger partial charge on any atom is -0.497 e. The van der Waals surface area contributed by atoms with Gasteiger partial charge in [-0.25, -0.2) is 19.3 Å². The summed E-state index contributed by atoms with van der Waals surface area (Å²) >= 11 is 7.30. The molecule has 4 aliphatic rings. The number of halogens is 5. The molecule has 15 nitrogen and oxygen atoms in total. The van der Waals surface area contributed by atoms with Crippen LogP contribution in [0.3, 0.4) is 0 Å². The van der Waals surface area contributed by atoms with Crippen LogP contribution in [0.1, 0.15) is 59.2 Å². The molecule has 20 heteroatoms. The number of nitrogens with one attached hydrogen (secondary N) is 2. The fraction of sp³-hybridized carbons (Fsp3) is 0.345. The molecule has 75 heavy (non-hydrogen) atoms. The maximum atomic E-state index is 18.3. The third-order valence-corrected chi connectivity index (χ3v) is 14.4. The molecule has 0 spiro atoms. The molecule has 4 aromatic carbocycles. The molecule has 1 unspecified atom stereocenters. The molecule has 2 fully saturated rings. The largest absolute Gasteiger partial charge is 0.497 e. The number of hydrogen-bond acceptors (Lipinski definition) is 15. The summed E-state index contributed by atoms with van der Waals surface area (Å²) < 4.78 is 100. The summed E-state index contributed by atoms with van der Waals surface area (Å²) in [4.78, 5) is 24.4. The van der Waals surface area contributed by atoms with Gasteiger partial charge in [0.05, 0.1) is 79.2 Å². The van der Waals surface area contributed by atoms with Crippen molar-refractivity contribution in [3.63, 3.8) is 0 Å². The number of aryl methyl sites for hydroxylation is 1. The first kappa shape index (κ1) is 51.1. The van der Waals surface area contributed by atoms with Crippen molar-refractivity contribution in [1.29, 1.82) is 0 Å². The number of rotatable bonds is 17. The standard InChI is InChI=1S/C55H56ClF4N9O6/c1-32-22-43(67(25-35-8-16-40(71-4)17-9-35)26-36-10-18-41(72-5)19-11-36)66-50(47(32)55(58,59)60)45-48(56)51-46-52(49(45)57)75-44(74-29-38-13-12-37-28-73-21-20-68(37)38)27-69(54(46)65-31-63-51)33(2)42-24-61-30-64-53(42)62-23-34-6-14-39(70-3)15-7-34/h6-11,14-19,22,24,27,30,33,37-38,65H,12-13,20-21,23,25-26,28-29,31H2,1-5H3,(H,61,62,64)/t33?,37-,38-/m0/s1. The van der Waals surface area contributed by atoms with Crippen LogP contribution in [-0.2, 0) is 35.3 Å².